The summed E-state index contributed by atoms with van der Waals surface area (Å²) in [5.74, 6) is 4.20. The number of fused-ring (bicyclic) bond motifs is 7. The molecule has 0 radical (unpaired) electrons. The highest BCUT2D eigenvalue weighted by Crippen LogP contribution is 2.70. The third-order valence-electron chi connectivity index (χ3n) is 10.9. The third kappa shape index (κ3) is 2.42. The fraction of sp³-hybridized carbons (Fsp3) is 0.852. The Balaban J connectivity index is 1.30. The van der Waals surface area contributed by atoms with E-state index >= 15 is 0 Å². The molecule has 0 bridgehead atoms. The van der Waals surface area contributed by atoms with Crippen molar-refractivity contribution in [2.24, 2.45) is 46.3 Å². The molecule has 10 atom stereocenters. The first-order valence-electron chi connectivity index (χ1n) is 12.6. The van der Waals surface area contributed by atoms with Gasteiger partial charge in [0.1, 0.15) is 0 Å². The lowest BCUT2D eigenvalue weighted by atomic mass is 9.47. The van der Waals surface area contributed by atoms with Gasteiger partial charge in [0.05, 0.1) is 12.7 Å². The Morgan fingerprint density at radius 1 is 1.03 bits per heavy atom. The Bertz CT molecular complexity index is 744. The first-order valence-corrected chi connectivity index (χ1v) is 12.6. The molecule has 2 saturated heterocycles. The highest BCUT2D eigenvalue weighted by atomic mass is 16.7. The van der Waals surface area contributed by atoms with Crippen LogP contribution in [0.5, 0.6) is 0 Å². The molecular weight excluding hydrogens is 356 g/mol. The van der Waals surface area contributed by atoms with Gasteiger partial charge in [-0.25, -0.2) is 0 Å². The summed E-state index contributed by atoms with van der Waals surface area (Å²) in [7, 11) is 0. The zero-order chi connectivity index (χ0) is 20.0. The summed E-state index contributed by atoms with van der Waals surface area (Å²) < 4.78 is 13.4. The molecule has 0 aromatic rings. The minimum atomic E-state index is -0.271. The Morgan fingerprint density at radius 3 is 2.69 bits per heavy atom. The molecule has 2 heteroatoms. The number of ether oxygens (including phenoxy) is 2. The van der Waals surface area contributed by atoms with Crippen LogP contribution in [-0.2, 0) is 9.47 Å². The molecule has 6 aliphatic rings. The standard InChI is InChI=1S/C27H40O2/c1-17-10-14-27(28-16-17)18(2)24-23(29-27)15-22-20-9-8-19-7-5-6-12-25(19,3)21(20)11-13-26(22,24)4/h5,7-8,17-18,20-24H,6,9-16H2,1-4H3/t17-,18-,20?,21?,22?,23-,24-,25-,26-,27+/m0/s1. The Labute approximate surface area is 177 Å². The van der Waals surface area contributed by atoms with E-state index in [1.54, 1.807) is 5.57 Å². The van der Waals surface area contributed by atoms with E-state index in [-0.39, 0.29) is 5.79 Å². The van der Waals surface area contributed by atoms with Crippen LogP contribution >= 0.6 is 0 Å². The largest absolute Gasteiger partial charge is 0.349 e. The minimum Gasteiger partial charge on any atom is -0.349 e. The van der Waals surface area contributed by atoms with Crippen LogP contribution in [0.4, 0.5) is 0 Å². The lowest BCUT2D eigenvalue weighted by Gasteiger charge is -2.57. The molecule has 3 unspecified atom stereocenters. The van der Waals surface area contributed by atoms with Crippen LogP contribution in [0.15, 0.2) is 23.8 Å². The summed E-state index contributed by atoms with van der Waals surface area (Å²) in [5.41, 5.74) is 2.51. The second kappa shape index (κ2) is 6.22. The molecule has 0 aromatic heterocycles. The average Bonchev–Trinajstić information content (AvgIpc) is 3.15. The van der Waals surface area contributed by atoms with Gasteiger partial charge < -0.3 is 9.47 Å². The van der Waals surface area contributed by atoms with Crippen LogP contribution < -0.4 is 0 Å². The van der Waals surface area contributed by atoms with Crippen LogP contribution in [0.25, 0.3) is 0 Å². The molecule has 2 aliphatic heterocycles. The maximum atomic E-state index is 6.89. The van der Waals surface area contributed by atoms with E-state index < -0.39 is 0 Å². The molecule has 29 heavy (non-hydrogen) atoms. The summed E-state index contributed by atoms with van der Waals surface area (Å²) in [4.78, 5) is 0. The summed E-state index contributed by atoms with van der Waals surface area (Å²) in [5, 5.41) is 0. The monoisotopic (exact) mass is 396 g/mol. The number of allylic oxidation sites excluding steroid dienone is 4. The van der Waals surface area contributed by atoms with Crippen molar-refractivity contribution in [1.29, 1.82) is 0 Å². The van der Waals surface area contributed by atoms with E-state index in [4.69, 9.17) is 9.47 Å². The minimum absolute atomic E-state index is 0.271. The molecular formula is C27H40O2. The van der Waals surface area contributed by atoms with Gasteiger partial charge in [-0.3, -0.25) is 0 Å². The molecule has 2 saturated carbocycles. The maximum absolute atomic E-state index is 6.89. The zero-order valence-electron chi connectivity index (χ0n) is 19.0. The van der Waals surface area contributed by atoms with Gasteiger partial charge in [0.15, 0.2) is 5.79 Å². The summed E-state index contributed by atoms with van der Waals surface area (Å²) in [6.07, 6.45) is 18.3. The number of hydrogen-bond donors (Lipinski definition) is 0. The van der Waals surface area contributed by atoms with Crippen molar-refractivity contribution in [2.75, 3.05) is 6.61 Å². The molecule has 4 fully saturated rings. The van der Waals surface area contributed by atoms with E-state index in [1.807, 2.05) is 0 Å². The van der Waals surface area contributed by atoms with Gasteiger partial charge >= 0.3 is 0 Å². The van der Waals surface area contributed by atoms with Crippen LogP contribution in [0, 0.1) is 46.3 Å². The van der Waals surface area contributed by atoms with E-state index in [0.29, 0.717) is 34.7 Å². The van der Waals surface area contributed by atoms with Crippen molar-refractivity contribution >= 4 is 0 Å². The van der Waals surface area contributed by atoms with Crippen LogP contribution in [-0.4, -0.2) is 18.5 Å². The lowest BCUT2D eigenvalue weighted by Crippen LogP contribution is -2.51. The Morgan fingerprint density at radius 2 is 1.90 bits per heavy atom. The van der Waals surface area contributed by atoms with Crippen molar-refractivity contribution < 1.29 is 9.47 Å². The summed E-state index contributed by atoms with van der Waals surface area (Å²) >= 11 is 0. The van der Waals surface area contributed by atoms with Gasteiger partial charge in [0, 0.05) is 12.3 Å². The molecule has 0 aromatic carbocycles. The first-order chi connectivity index (χ1) is 13.9. The quantitative estimate of drug-likeness (QED) is 0.464. The molecule has 1 spiro atoms. The fourth-order valence-corrected chi connectivity index (χ4v) is 9.32. The van der Waals surface area contributed by atoms with Crippen LogP contribution in [0.3, 0.4) is 0 Å². The van der Waals surface area contributed by atoms with E-state index in [2.05, 4.69) is 45.9 Å². The first kappa shape index (κ1) is 19.1. The lowest BCUT2D eigenvalue weighted by molar-refractivity contribution is -0.272. The fourth-order valence-electron chi connectivity index (χ4n) is 9.32. The number of hydrogen-bond acceptors (Lipinski definition) is 2. The second-order valence-electron chi connectivity index (χ2n) is 12.1. The Kier molecular flexibility index (Phi) is 4.10. The van der Waals surface area contributed by atoms with E-state index in [0.717, 1.165) is 30.8 Å². The summed E-state index contributed by atoms with van der Waals surface area (Å²) in [6, 6.07) is 0. The zero-order valence-corrected chi connectivity index (χ0v) is 19.0. The predicted molar refractivity (Wildman–Crippen MR) is 116 cm³/mol. The molecule has 4 aliphatic carbocycles. The van der Waals surface area contributed by atoms with Gasteiger partial charge in [-0.05, 0) is 90.9 Å². The van der Waals surface area contributed by atoms with Crippen molar-refractivity contribution in [3.05, 3.63) is 23.8 Å². The van der Waals surface area contributed by atoms with Crippen molar-refractivity contribution in [3.8, 4) is 0 Å². The second-order valence-corrected chi connectivity index (χ2v) is 12.1. The highest BCUT2D eigenvalue weighted by Gasteiger charge is 2.68. The molecule has 0 amide bonds. The van der Waals surface area contributed by atoms with Crippen LogP contribution in [0.1, 0.15) is 79.1 Å². The molecule has 2 heterocycles. The molecule has 2 nitrogen and oxygen atoms in total. The number of rotatable bonds is 0. The normalized spacial score (nSPS) is 58.3. The van der Waals surface area contributed by atoms with Gasteiger partial charge in [0.25, 0.3) is 0 Å². The molecule has 160 valence electrons. The van der Waals surface area contributed by atoms with Gasteiger partial charge in [0.2, 0.25) is 0 Å². The van der Waals surface area contributed by atoms with E-state index in [9.17, 15) is 0 Å². The Hall–Kier alpha value is -0.600. The SMILES string of the molecule is C[C@H]1CC[C@@]2(OC1)O[C@H]1CC3C4CC=C5C=CCC[C@]5(C)C4CC[C@]3(C)[C@H]1[C@@H]2C. The highest BCUT2D eigenvalue weighted by molar-refractivity contribution is 5.34. The topological polar surface area (TPSA) is 18.5 Å². The maximum Gasteiger partial charge on any atom is 0.171 e. The average molecular weight is 397 g/mol. The molecule has 6 rings (SSSR count). The van der Waals surface area contributed by atoms with Gasteiger partial charge in [-0.15, -0.1) is 0 Å². The summed E-state index contributed by atoms with van der Waals surface area (Å²) in [6.45, 7) is 10.9. The van der Waals surface area contributed by atoms with Gasteiger partial charge in [-0.1, -0.05) is 45.9 Å². The van der Waals surface area contributed by atoms with Crippen molar-refractivity contribution in [2.45, 2.75) is 91.0 Å². The third-order valence-corrected chi connectivity index (χ3v) is 10.9. The van der Waals surface area contributed by atoms with Crippen LogP contribution in [0.2, 0.25) is 0 Å². The van der Waals surface area contributed by atoms with Crippen molar-refractivity contribution in [3.63, 3.8) is 0 Å². The van der Waals surface area contributed by atoms with E-state index in [1.165, 1.54) is 44.9 Å². The molecule has 0 N–H and O–H groups in total. The predicted octanol–water partition coefficient (Wildman–Crippen LogP) is 6.52. The smallest absolute Gasteiger partial charge is 0.171 e. The van der Waals surface area contributed by atoms with Gasteiger partial charge in [-0.2, -0.15) is 0 Å². The van der Waals surface area contributed by atoms with Crippen molar-refractivity contribution in [1.82, 2.24) is 0 Å².